The largest absolute Gasteiger partial charge is 0.493 e. The van der Waals surface area contributed by atoms with Gasteiger partial charge in [-0.15, -0.1) is 0 Å². The molecule has 4 aromatic rings. The summed E-state index contributed by atoms with van der Waals surface area (Å²) in [6, 6.07) is 11.6. The van der Waals surface area contributed by atoms with Gasteiger partial charge in [-0.3, -0.25) is 0 Å². The highest BCUT2D eigenvalue weighted by Gasteiger charge is 2.22. The van der Waals surface area contributed by atoms with Crippen LogP contribution in [-0.4, -0.2) is 60.3 Å². The van der Waals surface area contributed by atoms with E-state index in [2.05, 4.69) is 19.8 Å². The number of anilines is 3. The molecule has 9 nitrogen and oxygen atoms in total. The molecule has 158 valence electrons. The molecule has 0 saturated carbocycles. The van der Waals surface area contributed by atoms with Gasteiger partial charge in [-0.2, -0.15) is 4.98 Å². The number of fused-ring (bicyclic) bond motifs is 2. The van der Waals surface area contributed by atoms with E-state index in [0.717, 1.165) is 53.9 Å². The first kappa shape index (κ1) is 19.1. The second kappa shape index (κ2) is 7.75. The Bertz CT molecular complexity index is 1260. The maximum Gasteiger partial charge on any atom is 0.228 e. The molecule has 0 amide bonds. The predicted molar refractivity (Wildman–Crippen MR) is 121 cm³/mol. The standard InChI is InChI=1S/C22H23N7O2/c1-30-18-11-15-17(12-19(18)31-2)26-22(27-20(15)23)29-9-7-28(8-10-29)21-24-13-14-5-3-4-6-16(14)25-21/h3-6,11-13H,7-10H2,1-2H3,(H2,23,26,27). The number of hydrogen-bond acceptors (Lipinski definition) is 9. The summed E-state index contributed by atoms with van der Waals surface area (Å²) in [6.07, 6.45) is 1.87. The maximum atomic E-state index is 6.25. The molecule has 0 unspecified atom stereocenters. The summed E-state index contributed by atoms with van der Waals surface area (Å²) in [6.45, 7) is 3.03. The number of aromatic nitrogens is 4. The van der Waals surface area contributed by atoms with E-state index in [1.54, 1.807) is 14.2 Å². The Hall–Kier alpha value is -3.88. The predicted octanol–water partition coefficient (Wildman–Crippen LogP) is 2.50. The van der Waals surface area contributed by atoms with Crippen LogP contribution in [-0.2, 0) is 0 Å². The molecular formula is C22H23N7O2. The number of piperazine rings is 1. The number of hydrogen-bond donors (Lipinski definition) is 1. The number of rotatable bonds is 4. The smallest absolute Gasteiger partial charge is 0.228 e. The molecule has 0 radical (unpaired) electrons. The minimum Gasteiger partial charge on any atom is -0.493 e. The SMILES string of the molecule is COc1cc2nc(N3CCN(c4ncc5ccccc5n4)CC3)nc(N)c2cc1OC. The van der Waals surface area contributed by atoms with E-state index < -0.39 is 0 Å². The van der Waals surface area contributed by atoms with Crippen LogP contribution >= 0.6 is 0 Å². The molecule has 0 spiro atoms. The van der Waals surface area contributed by atoms with Crippen LogP contribution in [0.15, 0.2) is 42.6 Å². The number of ether oxygens (including phenoxy) is 2. The van der Waals surface area contributed by atoms with Crippen molar-refractivity contribution in [2.45, 2.75) is 0 Å². The number of methoxy groups -OCH3 is 2. The third kappa shape index (κ3) is 3.48. The summed E-state index contributed by atoms with van der Waals surface area (Å²) < 4.78 is 10.8. The van der Waals surface area contributed by atoms with Crippen LogP contribution in [0.1, 0.15) is 0 Å². The van der Waals surface area contributed by atoms with Gasteiger partial charge in [0.1, 0.15) is 5.82 Å². The Balaban J connectivity index is 1.38. The van der Waals surface area contributed by atoms with Crippen molar-refractivity contribution >= 4 is 39.5 Å². The average Bonchev–Trinajstić information content (AvgIpc) is 2.83. The molecule has 2 aromatic carbocycles. The summed E-state index contributed by atoms with van der Waals surface area (Å²) in [5.41, 5.74) is 7.92. The second-order valence-electron chi connectivity index (χ2n) is 7.34. The topological polar surface area (TPSA) is 103 Å². The Morgan fingerprint density at radius 3 is 2.19 bits per heavy atom. The first-order valence-corrected chi connectivity index (χ1v) is 10.1. The van der Waals surface area contributed by atoms with E-state index in [0.29, 0.717) is 23.3 Å². The average molecular weight is 417 g/mol. The molecule has 0 aliphatic carbocycles. The number of para-hydroxylation sites is 1. The van der Waals surface area contributed by atoms with Crippen LogP contribution in [0.2, 0.25) is 0 Å². The first-order chi connectivity index (χ1) is 15.2. The molecule has 0 bridgehead atoms. The molecule has 1 aliphatic rings. The third-order valence-corrected chi connectivity index (χ3v) is 5.54. The van der Waals surface area contributed by atoms with Gasteiger partial charge >= 0.3 is 0 Å². The third-order valence-electron chi connectivity index (χ3n) is 5.54. The van der Waals surface area contributed by atoms with Gasteiger partial charge in [0, 0.05) is 49.2 Å². The summed E-state index contributed by atoms with van der Waals surface area (Å²) >= 11 is 0. The van der Waals surface area contributed by atoms with Crippen molar-refractivity contribution in [1.29, 1.82) is 0 Å². The van der Waals surface area contributed by atoms with E-state index >= 15 is 0 Å². The van der Waals surface area contributed by atoms with Crippen LogP contribution in [0.25, 0.3) is 21.8 Å². The molecule has 1 saturated heterocycles. The molecule has 3 heterocycles. The number of nitrogens with zero attached hydrogens (tertiary/aromatic N) is 6. The van der Waals surface area contributed by atoms with E-state index in [1.165, 1.54) is 0 Å². The van der Waals surface area contributed by atoms with Crippen LogP contribution in [0.5, 0.6) is 11.5 Å². The van der Waals surface area contributed by atoms with Crippen LogP contribution in [0.3, 0.4) is 0 Å². The van der Waals surface area contributed by atoms with E-state index in [1.807, 2.05) is 42.6 Å². The van der Waals surface area contributed by atoms with Gasteiger partial charge in [-0.1, -0.05) is 18.2 Å². The number of nitrogen functional groups attached to an aromatic ring is 1. The van der Waals surface area contributed by atoms with Crippen LogP contribution < -0.4 is 25.0 Å². The zero-order chi connectivity index (χ0) is 21.4. The molecule has 31 heavy (non-hydrogen) atoms. The van der Waals surface area contributed by atoms with E-state index in [-0.39, 0.29) is 0 Å². The van der Waals surface area contributed by atoms with Gasteiger partial charge in [-0.05, 0) is 12.1 Å². The fourth-order valence-corrected chi connectivity index (χ4v) is 3.83. The lowest BCUT2D eigenvalue weighted by Gasteiger charge is -2.34. The lowest BCUT2D eigenvalue weighted by atomic mass is 10.2. The van der Waals surface area contributed by atoms with Crippen molar-refractivity contribution < 1.29 is 9.47 Å². The Labute approximate surface area is 179 Å². The second-order valence-corrected chi connectivity index (χ2v) is 7.34. The molecular weight excluding hydrogens is 394 g/mol. The fraction of sp³-hybridized carbons (Fsp3) is 0.273. The van der Waals surface area contributed by atoms with Crippen molar-refractivity contribution in [1.82, 2.24) is 19.9 Å². The Morgan fingerprint density at radius 1 is 0.806 bits per heavy atom. The molecule has 9 heteroatoms. The lowest BCUT2D eigenvalue weighted by Crippen LogP contribution is -2.47. The summed E-state index contributed by atoms with van der Waals surface area (Å²) in [4.78, 5) is 22.8. The number of benzene rings is 2. The highest BCUT2D eigenvalue weighted by Crippen LogP contribution is 2.34. The minimum absolute atomic E-state index is 0.418. The molecule has 1 aliphatic heterocycles. The van der Waals surface area contributed by atoms with E-state index in [4.69, 9.17) is 25.2 Å². The fourth-order valence-electron chi connectivity index (χ4n) is 3.83. The van der Waals surface area contributed by atoms with Gasteiger partial charge in [-0.25, -0.2) is 15.0 Å². The zero-order valence-electron chi connectivity index (χ0n) is 17.4. The normalized spacial score (nSPS) is 14.3. The van der Waals surface area contributed by atoms with Crippen molar-refractivity contribution in [2.24, 2.45) is 0 Å². The maximum absolute atomic E-state index is 6.25. The van der Waals surface area contributed by atoms with E-state index in [9.17, 15) is 0 Å². The van der Waals surface area contributed by atoms with Gasteiger partial charge in [0.2, 0.25) is 11.9 Å². The Kier molecular flexibility index (Phi) is 4.78. The molecule has 2 N–H and O–H groups in total. The quantitative estimate of drug-likeness (QED) is 0.536. The van der Waals surface area contributed by atoms with Gasteiger partial charge in [0.15, 0.2) is 11.5 Å². The summed E-state index contributed by atoms with van der Waals surface area (Å²) in [7, 11) is 3.19. The zero-order valence-corrected chi connectivity index (χ0v) is 17.4. The van der Waals surface area contributed by atoms with Gasteiger partial charge < -0.3 is 25.0 Å². The van der Waals surface area contributed by atoms with Gasteiger partial charge in [0.25, 0.3) is 0 Å². The molecule has 0 atom stereocenters. The molecule has 2 aromatic heterocycles. The van der Waals surface area contributed by atoms with Gasteiger partial charge in [0.05, 0.1) is 25.3 Å². The summed E-state index contributed by atoms with van der Waals surface area (Å²) in [5.74, 6) is 2.98. The summed E-state index contributed by atoms with van der Waals surface area (Å²) in [5, 5.41) is 1.78. The van der Waals surface area contributed by atoms with Crippen molar-refractivity contribution in [2.75, 3.05) is 55.9 Å². The van der Waals surface area contributed by atoms with Crippen LogP contribution in [0.4, 0.5) is 17.7 Å². The first-order valence-electron chi connectivity index (χ1n) is 10.1. The highest BCUT2D eigenvalue weighted by molar-refractivity contribution is 5.91. The molecule has 5 rings (SSSR count). The monoisotopic (exact) mass is 417 g/mol. The number of nitrogens with two attached hydrogens (primary N) is 1. The Morgan fingerprint density at radius 2 is 1.45 bits per heavy atom. The highest BCUT2D eigenvalue weighted by atomic mass is 16.5. The van der Waals surface area contributed by atoms with Crippen molar-refractivity contribution in [3.8, 4) is 11.5 Å². The lowest BCUT2D eigenvalue weighted by molar-refractivity contribution is 0.356. The van der Waals surface area contributed by atoms with Crippen molar-refractivity contribution in [3.05, 3.63) is 42.6 Å². The van der Waals surface area contributed by atoms with Crippen molar-refractivity contribution in [3.63, 3.8) is 0 Å². The van der Waals surface area contributed by atoms with Crippen LogP contribution in [0, 0.1) is 0 Å². The minimum atomic E-state index is 0.418. The molecule has 1 fully saturated rings.